The highest BCUT2D eigenvalue weighted by Crippen LogP contribution is 2.35. The zero-order valence-electron chi connectivity index (χ0n) is 15.0. The van der Waals surface area contributed by atoms with Crippen LogP contribution in [0.25, 0.3) is 0 Å². The summed E-state index contributed by atoms with van der Waals surface area (Å²) in [6.45, 7) is 8.03. The van der Waals surface area contributed by atoms with Gasteiger partial charge < -0.3 is 9.47 Å². The number of fused-ring (bicyclic) bond motifs is 3. The van der Waals surface area contributed by atoms with Gasteiger partial charge in [0.2, 0.25) is 0 Å². The van der Waals surface area contributed by atoms with Crippen molar-refractivity contribution in [1.29, 1.82) is 0 Å². The molecular weight excluding hydrogens is 316 g/mol. The molecule has 1 aromatic rings. The van der Waals surface area contributed by atoms with Crippen molar-refractivity contribution in [2.45, 2.75) is 31.4 Å². The number of esters is 1. The predicted molar refractivity (Wildman–Crippen MR) is 95.2 cm³/mol. The first-order valence-electron chi connectivity index (χ1n) is 9.49. The molecule has 0 radical (unpaired) electrons. The molecule has 4 aliphatic rings. The molecule has 0 aliphatic carbocycles. The molecular formula is C20H28N2O3. The molecule has 2 atom stereocenters. The number of carbonyl (C=O) groups excluding carboxylic acids is 1. The highest BCUT2D eigenvalue weighted by Gasteiger charge is 2.46. The molecule has 0 N–H and O–H groups in total. The van der Waals surface area contributed by atoms with E-state index in [1.807, 2.05) is 37.3 Å². The van der Waals surface area contributed by atoms with E-state index < -0.39 is 5.54 Å². The van der Waals surface area contributed by atoms with Gasteiger partial charge in [-0.2, -0.15) is 0 Å². The summed E-state index contributed by atoms with van der Waals surface area (Å²) in [5, 5.41) is 0. The largest absolute Gasteiger partial charge is 0.459 e. The number of carbonyl (C=O) groups is 1. The van der Waals surface area contributed by atoms with E-state index >= 15 is 0 Å². The first-order valence-corrected chi connectivity index (χ1v) is 9.49. The molecule has 136 valence electrons. The Morgan fingerprint density at radius 2 is 1.80 bits per heavy atom. The van der Waals surface area contributed by atoms with Gasteiger partial charge >= 0.3 is 5.97 Å². The molecule has 0 amide bonds. The Morgan fingerprint density at radius 1 is 1.12 bits per heavy atom. The van der Waals surface area contributed by atoms with E-state index in [1.54, 1.807) is 0 Å². The van der Waals surface area contributed by atoms with Gasteiger partial charge in [0, 0.05) is 19.6 Å². The SMILES string of the molecule is CC(C(=O)O[C@H]1CN2CCC1CC2)(c1ccccc1)N1CCOCC1. The average molecular weight is 344 g/mol. The lowest BCUT2D eigenvalue weighted by Gasteiger charge is -2.46. The third-order valence-corrected chi connectivity index (χ3v) is 6.23. The molecule has 0 spiro atoms. The van der Waals surface area contributed by atoms with E-state index in [2.05, 4.69) is 9.80 Å². The summed E-state index contributed by atoms with van der Waals surface area (Å²) in [4.78, 5) is 18.0. The lowest BCUT2D eigenvalue weighted by Crippen LogP contribution is -2.58. The van der Waals surface area contributed by atoms with Gasteiger partial charge in [0.1, 0.15) is 11.6 Å². The Morgan fingerprint density at radius 3 is 2.40 bits per heavy atom. The van der Waals surface area contributed by atoms with Crippen LogP contribution >= 0.6 is 0 Å². The van der Waals surface area contributed by atoms with Gasteiger partial charge in [-0.15, -0.1) is 0 Å². The van der Waals surface area contributed by atoms with Crippen LogP contribution in [0.5, 0.6) is 0 Å². The van der Waals surface area contributed by atoms with Crippen LogP contribution < -0.4 is 0 Å². The summed E-state index contributed by atoms with van der Waals surface area (Å²) < 4.78 is 11.6. The standard InChI is InChI=1S/C20H28N2O3/c1-20(17-5-3-2-4-6-17,22-11-13-24-14-12-22)19(23)25-18-15-21-9-7-16(18)8-10-21/h2-6,16,18H,7-15H2,1H3/t18-,20?/m0/s1. The molecule has 4 saturated heterocycles. The van der Waals surface area contributed by atoms with Crippen LogP contribution in [0.1, 0.15) is 25.3 Å². The van der Waals surface area contributed by atoms with Crippen molar-refractivity contribution in [3.63, 3.8) is 0 Å². The summed E-state index contributed by atoms with van der Waals surface area (Å²) in [6.07, 6.45) is 2.34. The Hall–Kier alpha value is -1.43. The third kappa shape index (κ3) is 3.21. The fourth-order valence-corrected chi connectivity index (χ4v) is 4.50. The van der Waals surface area contributed by atoms with E-state index in [-0.39, 0.29) is 12.1 Å². The van der Waals surface area contributed by atoms with Crippen molar-refractivity contribution in [2.24, 2.45) is 5.92 Å². The monoisotopic (exact) mass is 344 g/mol. The lowest BCUT2D eigenvalue weighted by molar-refractivity contribution is -0.176. The molecule has 5 rings (SSSR count). The number of morpholine rings is 1. The fraction of sp³-hybridized carbons (Fsp3) is 0.650. The van der Waals surface area contributed by atoms with Crippen LogP contribution in [0.15, 0.2) is 30.3 Å². The predicted octanol–water partition coefficient (Wildman–Crippen LogP) is 1.87. The quantitative estimate of drug-likeness (QED) is 0.780. The van der Waals surface area contributed by atoms with Crippen LogP contribution in [0, 0.1) is 5.92 Å². The van der Waals surface area contributed by atoms with Crippen molar-refractivity contribution >= 4 is 5.97 Å². The minimum Gasteiger partial charge on any atom is -0.459 e. The number of rotatable bonds is 4. The van der Waals surface area contributed by atoms with Crippen molar-refractivity contribution in [1.82, 2.24) is 9.80 Å². The maximum Gasteiger partial charge on any atom is 0.331 e. The smallest absolute Gasteiger partial charge is 0.331 e. The Bertz CT molecular complexity index is 594. The summed E-state index contributed by atoms with van der Waals surface area (Å²) >= 11 is 0. The second-order valence-corrected chi connectivity index (χ2v) is 7.62. The molecule has 4 heterocycles. The molecule has 1 aromatic carbocycles. The number of hydrogen-bond donors (Lipinski definition) is 0. The Kier molecular flexibility index (Phi) is 4.80. The fourth-order valence-electron chi connectivity index (χ4n) is 4.50. The van der Waals surface area contributed by atoms with Crippen LogP contribution in [-0.2, 0) is 19.8 Å². The number of ether oxygens (including phenoxy) is 2. The van der Waals surface area contributed by atoms with Gasteiger partial charge in [-0.25, -0.2) is 4.79 Å². The molecule has 0 aromatic heterocycles. The zero-order valence-corrected chi connectivity index (χ0v) is 15.0. The van der Waals surface area contributed by atoms with E-state index in [1.165, 1.54) is 0 Å². The molecule has 0 saturated carbocycles. The maximum absolute atomic E-state index is 13.4. The lowest BCUT2D eigenvalue weighted by atomic mass is 9.85. The van der Waals surface area contributed by atoms with Crippen LogP contribution in [0.2, 0.25) is 0 Å². The van der Waals surface area contributed by atoms with Crippen LogP contribution in [0.4, 0.5) is 0 Å². The molecule has 2 bridgehead atoms. The number of nitrogens with zero attached hydrogens (tertiary/aromatic N) is 2. The van der Waals surface area contributed by atoms with Gasteiger partial charge in [0.15, 0.2) is 0 Å². The highest BCUT2D eigenvalue weighted by atomic mass is 16.5. The summed E-state index contributed by atoms with van der Waals surface area (Å²) in [5.74, 6) is 0.415. The minimum atomic E-state index is -0.753. The second kappa shape index (κ2) is 7.06. The normalized spacial score (nSPS) is 32.1. The van der Waals surface area contributed by atoms with Crippen molar-refractivity contribution in [3.05, 3.63) is 35.9 Å². The molecule has 5 heteroatoms. The van der Waals surface area contributed by atoms with E-state index in [9.17, 15) is 4.79 Å². The molecule has 5 nitrogen and oxygen atoms in total. The Labute approximate surface area is 149 Å². The molecule has 4 aliphatic heterocycles. The van der Waals surface area contributed by atoms with Gasteiger partial charge in [-0.3, -0.25) is 9.80 Å². The minimum absolute atomic E-state index is 0.0408. The highest BCUT2D eigenvalue weighted by molar-refractivity contribution is 5.82. The van der Waals surface area contributed by atoms with E-state index in [4.69, 9.17) is 9.47 Å². The summed E-state index contributed by atoms with van der Waals surface area (Å²) in [5.41, 5.74) is 0.250. The van der Waals surface area contributed by atoms with Gasteiger partial charge in [-0.05, 0) is 44.3 Å². The summed E-state index contributed by atoms with van der Waals surface area (Å²) in [6, 6.07) is 10.0. The van der Waals surface area contributed by atoms with Crippen LogP contribution in [0.3, 0.4) is 0 Å². The third-order valence-electron chi connectivity index (χ3n) is 6.23. The number of benzene rings is 1. The van der Waals surface area contributed by atoms with Crippen molar-refractivity contribution in [2.75, 3.05) is 45.9 Å². The van der Waals surface area contributed by atoms with Gasteiger partial charge in [-0.1, -0.05) is 30.3 Å². The van der Waals surface area contributed by atoms with E-state index in [0.29, 0.717) is 19.1 Å². The second-order valence-electron chi connectivity index (χ2n) is 7.62. The number of hydrogen-bond acceptors (Lipinski definition) is 5. The molecule has 25 heavy (non-hydrogen) atoms. The number of piperidine rings is 3. The Balaban J connectivity index is 1.58. The van der Waals surface area contributed by atoms with Crippen molar-refractivity contribution < 1.29 is 14.3 Å². The maximum atomic E-state index is 13.4. The van der Waals surface area contributed by atoms with Gasteiger partial charge in [0.05, 0.1) is 13.2 Å². The molecule has 1 unspecified atom stereocenters. The summed E-state index contributed by atoms with van der Waals surface area (Å²) in [7, 11) is 0. The first-order chi connectivity index (χ1) is 12.2. The first kappa shape index (κ1) is 17.0. The van der Waals surface area contributed by atoms with E-state index in [0.717, 1.165) is 51.1 Å². The average Bonchev–Trinajstić information content (AvgIpc) is 2.69. The van der Waals surface area contributed by atoms with Crippen LogP contribution in [-0.4, -0.2) is 67.8 Å². The van der Waals surface area contributed by atoms with Crippen molar-refractivity contribution in [3.8, 4) is 0 Å². The zero-order chi connectivity index (χ0) is 17.3. The van der Waals surface area contributed by atoms with Gasteiger partial charge in [0.25, 0.3) is 0 Å². The molecule has 4 fully saturated rings. The topological polar surface area (TPSA) is 42.0 Å².